The van der Waals surface area contributed by atoms with Gasteiger partial charge in [-0.3, -0.25) is 10.2 Å². The number of esters is 1. The molecule has 0 saturated carbocycles. The fourth-order valence-corrected chi connectivity index (χ4v) is 2.38. The number of carbonyl (C=O) groups is 2. The monoisotopic (exact) mass is 382 g/mol. The minimum Gasteiger partial charge on any atom is -0.462 e. The number of anilines is 1. The van der Waals surface area contributed by atoms with Crippen LogP contribution in [0.15, 0.2) is 60.4 Å². The first-order chi connectivity index (χ1) is 13.4. The number of rotatable bonds is 7. The van der Waals surface area contributed by atoms with Crippen molar-refractivity contribution in [2.45, 2.75) is 6.92 Å². The summed E-state index contributed by atoms with van der Waals surface area (Å²) in [5, 5.41) is 7.38. The maximum atomic E-state index is 13.2. The molecule has 1 aromatic heterocycles. The van der Waals surface area contributed by atoms with Crippen LogP contribution in [0.4, 0.5) is 10.1 Å². The van der Waals surface area contributed by atoms with E-state index in [1.165, 1.54) is 34.9 Å². The molecular formula is C21H21FN3O3+. The van der Waals surface area contributed by atoms with Gasteiger partial charge in [-0.05, 0) is 37.1 Å². The maximum Gasteiger partial charge on any atom is 0.347 e. The highest BCUT2D eigenvalue weighted by Gasteiger charge is 2.24. The molecule has 0 radical (unpaired) electrons. The van der Waals surface area contributed by atoms with Crippen LogP contribution in [0.3, 0.4) is 0 Å². The first-order valence-corrected chi connectivity index (χ1v) is 8.55. The van der Waals surface area contributed by atoms with E-state index >= 15 is 0 Å². The summed E-state index contributed by atoms with van der Waals surface area (Å²) in [4.78, 5) is 27.0. The van der Waals surface area contributed by atoms with Gasteiger partial charge in [-0.25, -0.2) is 9.18 Å². The molecule has 28 heavy (non-hydrogen) atoms. The number of Topliss-reactive ketones (excluding diaryl/α,β-unsaturated/α-hetero) is 1. The van der Waals surface area contributed by atoms with Crippen molar-refractivity contribution in [2.75, 3.05) is 25.6 Å². The van der Waals surface area contributed by atoms with Crippen molar-refractivity contribution in [1.82, 2.24) is 0 Å². The van der Waals surface area contributed by atoms with Crippen molar-refractivity contribution in [1.29, 1.82) is 5.41 Å². The average Bonchev–Trinajstić information content (AvgIpc) is 2.69. The number of ether oxygens (including phenoxy) is 1. The molecular weight excluding hydrogens is 361 g/mol. The Morgan fingerprint density at radius 1 is 1.18 bits per heavy atom. The number of pyridine rings is 1. The lowest BCUT2D eigenvalue weighted by Gasteiger charge is -2.11. The molecule has 0 fully saturated rings. The van der Waals surface area contributed by atoms with Gasteiger partial charge in [0.2, 0.25) is 0 Å². The van der Waals surface area contributed by atoms with E-state index in [0.29, 0.717) is 0 Å². The second kappa shape index (κ2) is 9.39. The molecule has 0 atom stereocenters. The maximum absolute atomic E-state index is 13.2. The van der Waals surface area contributed by atoms with Crippen LogP contribution < -0.4 is 9.47 Å². The summed E-state index contributed by atoms with van der Waals surface area (Å²) in [6.07, 6.45) is 4.57. The van der Waals surface area contributed by atoms with Gasteiger partial charge >= 0.3 is 5.97 Å². The average molecular weight is 382 g/mol. The molecule has 0 aliphatic heterocycles. The molecule has 1 heterocycles. The van der Waals surface area contributed by atoms with Crippen LogP contribution in [-0.2, 0) is 9.53 Å². The lowest BCUT2D eigenvalue weighted by Crippen LogP contribution is -2.36. The summed E-state index contributed by atoms with van der Waals surface area (Å²) < 4.78 is 19.6. The van der Waals surface area contributed by atoms with Gasteiger partial charge in [0.05, 0.1) is 6.61 Å². The van der Waals surface area contributed by atoms with E-state index in [9.17, 15) is 14.0 Å². The quantitative estimate of drug-likeness (QED) is 0.200. The van der Waals surface area contributed by atoms with Gasteiger partial charge in [-0.2, -0.15) is 4.57 Å². The van der Waals surface area contributed by atoms with Gasteiger partial charge in [-0.1, -0.05) is 0 Å². The first-order valence-electron chi connectivity index (χ1n) is 8.55. The SMILES string of the molecule is CCOC(=O)C(=C=N)/C=C(/C(=O)c1ccc(F)cc1)[n+]1ccc(N(C)C)cc1. The summed E-state index contributed by atoms with van der Waals surface area (Å²) in [5.74, 6) is 0.351. The zero-order chi connectivity index (χ0) is 20.7. The summed E-state index contributed by atoms with van der Waals surface area (Å²) in [5.41, 5.74) is 1.05. The molecule has 144 valence electrons. The molecule has 0 bridgehead atoms. The molecule has 1 aromatic carbocycles. The number of aromatic nitrogens is 1. The lowest BCUT2D eigenvalue weighted by atomic mass is 10.1. The number of hydrogen-bond donors (Lipinski definition) is 1. The number of nitrogens with one attached hydrogen (secondary N) is 1. The van der Waals surface area contributed by atoms with Crippen LogP contribution in [0.25, 0.3) is 5.70 Å². The standard InChI is InChI=1S/C21H21FN3O3/c1-4-28-21(27)16(14-23)13-19(20(26)15-5-7-17(22)8-6-15)25-11-9-18(10-12-25)24(2)3/h5-13,23H,4H2,1-3H3/q+1/b19-13-. The van der Waals surface area contributed by atoms with Crippen LogP contribution in [0.1, 0.15) is 17.3 Å². The van der Waals surface area contributed by atoms with Gasteiger partial charge in [0.25, 0.3) is 11.5 Å². The largest absolute Gasteiger partial charge is 0.462 e. The van der Waals surface area contributed by atoms with E-state index in [2.05, 4.69) is 0 Å². The lowest BCUT2D eigenvalue weighted by molar-refractivity contribution is -0.576. The Labute approximate surface area is 162 Å². The molecule has 2 rings (SSSR count). The van der Waals surface area contributed by atoms with Crippen LogP contribution in [0.2, 0.25) is 0 Å². The fourth-order valence-electron chi connectivity index (χ4n) is 2.38. The highest BCUT2D eigenvalue weighted by molar-refractivity contribution is 6.23. The van der Waals surface area contributed by atoms with Crippen molar-refractivity contribution >= 4 is 29.0 Å². The van der Waals surface area contributed by atoms with Crippen molar-refractivity contribution in [3.63, 3.8) is 0 Å². The number of nitrogens with zero attached hydrogens (tertiary/aromatic N) is 2. The smallest absolute Gasteiger partial charge is 0.347 e. The minimum absolute atomic E-state index is 0.0970. The number of carbonyl (C=O) groups excluding carboxylic acids is 2. The van der Waals surface area contributed by atoms with E-state index < -0.39 is 17.6 Å². The zero-order valence-corrected chi connectivity index (χ0v) is 15.9. The molecule has 0 saturated heterocycles. The van der Waals surface area contributed by atoms with E-state index in [-0.39, 0.29) is 23.4 Å². The van der Waals surface area contributed by atoms with Crippen LogP contribution >= 0.6 is 0 Å². The number of ketones is 1. The normalized spacial score (nSPS) is 10.8. The minimum atomic E-state index is -0.757. The van der Waals surface area contributed by atoms with E-state index in [1.54, 1.807) is 31.5 Å². The molecule has 0 spiro atoms. The Bertz CT molecular complexity index is 942. The Balaban J connectivity index is 2.55. The summed E-state index contributed by atoms with van der Waals surface area (Å²) in [6, 6.07) is 8.68. The Hall–Kier alpha value is -3.57. The Kier molecular flexibility index (Phi) is 6.96. The molecule has 0 aliphatic carbocycles. The third-order valence-electron chi connectivity index (χ3n) is 3.86. The fraction of sp³-hybridized carbons (Fsp3) is 0.190. The predicted octanol–water partition coefficient (Wildman–Crippen LogP) is 2.64. The molecule has 0 unspecified atom stereocenters. The van der Waals surface area contributed by atoms with Gasteiger partial charge in [-0.15, -0.1) is 0 Å². The summed E-state index contributed by atoms with van der Waals surface area (Å²) >= 11 is 0. The van der Waals surface area contributed by atoms with Crippen LogP contribution in [0, 0.1) is 11.2 Å². The van der Waals surface area contributed by atoms with Gasteiger partial charge < -0.3 is 9.64 Å². The molecule has 0 aliphatic rings. The first kappa shape index (κ1) is 20.7. The molecule has 0 amide bonds. The van der Waals surface area contributed by atoms with Crippen molar-refractivity contribution < 1.29 is 23.3 Å². The highest BCUT2D eigenvalue weighted by Crippen LogP contribution is 2.14. The molecule has 6 nitrogen and oxygen atoms in total. The molecule has 2 aromatic rings. The summed E-state index contributed by atoms with van der Waals surface area (Å²) in [7, 11) is 3.77. The Morgan fingerprint density at radius 3 is 2.29 bits per heavy atom. The number of benzene rings is 1. The second-order valence-electron chi connectivity index (χ2n) is 5.98. The Morgan fingerprint density at radius 2 is 1.79 bits per heavy atom. The molecule has 1 N–H and O–H groups in total. The van der Waals surface area contributed by atoms with E-state index in [0.717, 1.165) is 5.69 Å². The van der Waals surface area contributed by atoms with Crippen molar-refractivity contribution in [3.05, 3.63) is 71.8 Å². The topological polar surface area (TPSA) is 74.3 Å². The number of halogens is 1. The highest BCUT2D eigenvalue weighted by atomic mass is 19.1. The van der Waals surface area contributed by atoms with Crippen LogP contribution in [-0.4, -0.2) is 38.3 Å². The zero-order valence-electron chi connectivity index (χ0n) is 15.9. The van der Waals surface area contributed by atoms with Crippen molar-refractivity contribution in [2.24, 2.45) is 0 Å². The van der Waals surface area contributed by atoms with E-state index in [4.69, 9.17) is 10.1 Å². The summed E-state index contributed by atoms with van der Waals surface area (Å²) in [6.45, 7) is 1.77. The van der Waals surface area contributed by atoms with Crippen molar-refractivity contribution in [3.8, 4) is 0 Å². The number of hydrogen-bond acceptors (Lipinski definition) is 5. The van der Waals surface area contributed by atoms with Gasteiger partial charge in [0.15, 0.2) is 12.4 Å². The van der Waals surface area contributed by atoms with E-state index in [1.807, 2.05) is 24.9 Å². The van der Waals surface area contributed by atoms with Gasteiger partial charge in [0.1, 0.15) is 11.4 Å². The second-order valence-corrected chi connectivity index (χ2v) is 5.98. The molecule has 7 heteroatoms. The third kappa shape index (κ3) is 4.99. The predicted molar refractivity (Wildman–Crippen MR) is 104 cm³/mol. The third-order valence-corrected chi connectivity index (χ3v) is 3.86. The van der Waals surface area contributed by atoms with Crippen LogP contribution in [0.5, 0.6) is 0 Å². The van der Waals surface area contributed by atoms with Gasteiger partial charge in [0, 0.05) is 43.6 Å². The number of allylic oxidation sites excluding steroid dienone is 1.